The zero-order chi connectivity index (χ0) is 23.1. The van der Waals surface area contributed by atoms with Crippen LogP contribution in [0.5, 0.6) is 0 Å². The van der Waals surface area contributed by atoms with Crippen LogP contribution in [0.1, 0.15) is 16.7 Å². The molecule has 0 spiro atoms. The molecule has 0 amide bonds. The van der Waals surface area contributed by atoms with Crippen molar-refractivity contribution in [3.05, 3.63) is 106 Å². The molecule has 0 fully saturated rings. The Morgan fingerprint density at radius 1 is 1.09 bits per heavy atom. The predicted octanol–water partition coefficient (Wildman–Crippen LogP) is 3.89. The first-order chi connectivity index (χ1) is 15.2. The monoisotopic (exact) mass is 473 g/mol. The Balaban J connectivity index is 1.70. The number of nitrogens with two attached hydrogens (primary N) is 2. The van der Waals surface area contributed by atoms with Crippen molar-refractivity contribution in [2.24, 2.45) is 16.7 Å². The van der Waals surface area contributed by atoms with Crippen LogP contribution >= 0.6 is 11.6 Å². The van der Waals surface area contributed by atoms with E-state index < -0.39 is 15.8 Å². The van der Waals surface area contributed by atoms with E-state index >= 15 is 0 Å². The Morgan fingerprint density at radius 3 is 2.59 bits per heavy atom. The van der Waals surface area contributed by atoms with E-state index in [1.54, 1.807) is 42.5 Å². The first-order valence-electron chi connectivity index (χ1n) is 9.38. The van der Waals surface area contributed by atoms with Gasteiger partial charge in [-0.05, 0) is 53.6 Å². The van der Waals surface area contributed by atoms with Crippen LogP contribution in [0, 0.1) is 5.82 Å². The molecule has 0 radical (unpaired) electrons. The molecule has 7 nitrogen and oxygen atoms in total. The molecular formula is C22H21ClFN5O2S. The van der Waals surface area contributed by atoms with Crippen LogP contribution in [0.15, 0.2) is 83.3 Å². The molecule has 0 heterocycles. The smallest absolute Gasteiger partial charge is 0.255 e. The molecule has 10 heteroatoms. The highest BCUT2D eigenvalue weighted by atomic mass is 35.5. The number of hydrazine groups is 1. The number of sulfonamides is 1. The summed E-state index contributed by atoms with van der Waals surface area (Å²) in [5.74, 6) is 5.56. The SMILES string of the molecule is N/C(=N\N(N)Cc1cccc(Cl)c1)c1cccc(NS(=O)(=O)/C=C/c2cccc(F)c2)c1. The second-order valence-corrected chi connectivity index (χ2v) is 8.80. The van der Waals surface area contributed by atoms with Gasteiger partial charge >= 0.3 is 0 Å². The van der Waals surface area contributed by atoms with Crippen LogP contribution in [0.25, 0.3) is 6.08 Å². The Bertz CT molecular complexity index is 1260. The van der Waals surface area contributed by atoms with E-state index in [0.29, 0.717) is 16.1 Å². The van der Waals surface area contributed by atoms with E-state index in [1.165, 1.54) is 35.5 Å². The van der Waals surface area contributed by atoms with Gasteiger partial charge in [-0.1, -0.05) is 48.0 Å². The lowest BCUT2D eigenvalue weighted by Crippen LogP contribution is -2.29. The molecule has 3 aromatic carbocycles. The Kier molecular flexibility index (Phi) is 7.47. The van der Waals surface area contributed by atoms with Gasteiger partial charge in [0.1, 0.15) is 5.82 Å². The van der Waals surface area contributed by atoms with Crippen molar-refractivity contribution in [3.8, 4) is 0 Å². The maximum atomic E-state index is 13.2. The fraction of sp³-hybridized carbons (Fsp3) is 0.0455. The lowest BCUT2D eigenvalue weighted by Gasteiger charge is -2.14. The molecule has 0 atom stereocenters. The minimum absolute atomic E-state index is 0.103. The van der Waals surface area contributed by atoms with Crippen molar-refractivity contribution < 1.29 is 12.8 Å². The topological polar surface area (TPSA) is 114 Å². The summed E-state index contributed by atoms with van der Waals surface area (Å²) >= 11 is 5.97. The van der Waals surface area contributed by atoms with Crippen molar-refractivity contribution in [3.63, 3.8) is 0 Å². The summed E-state index contributed by atoms with van der Waals surface area (Å²) in [5.41, 5.74) is 8.06. The van der Waals surface area contributed by atoms with E-state index in [2.05, 4.69) is 9.82 Å². The fourth-order valence-corrected chi connectivity index (χ4v) is 3.85. The molecule has 0 unspecified atom stereocenters. The van der Waals surface area contributed by atoms with Crippen molar-refractivity contribution in [1.29, 1.82) is 0 Å². The van der Waals surface area contributed by atoms with E-state index in [0.717, 1.165) is 11.0 Å². The number of halogens is 2. The highest BCUT2D eigenvalue weighted by Gasteiger charge is 2.09. The largest absolute Gasteiger partial charge is 0.382 e. The number of anilines is 1. The Morgan fingerprint density at radius 2 is 1.84 bits per heavy atom. The summed E-state index contributed by atoms with van der Waals surface area (Å²) in [6, 6.07) is 19.2. The molecule has 0 bridgehead atoms. The summed E-state index contributed by atoms with van der Waals surface area (Å²) in [7, 11) is -3.84. The van der Waals surface area contributed by atoms with Crippen LogP contribution < -0.4 is 16.3 Å². The average Bonchev–Trinajstić information content (AvgIpc) is 2.72. The minimum Gasteiger partial charge on any atom is -0.382 e. The molecule has 166 valence electrons. The van der Waals surface area contributed by atoms with E-state index in [-0.39, 0.29) is 18.1 Å². The Labute approximate surface area is 190 Å². The van der Waals surface area contributed by atoms with Gasteiger partial charge in [-0.2, -0.15) is 0 Å². The van der Waals surface area contributed by atoms with Gasteiger partial charge in [-0.25, -0.2) is 23.8 Å². The van der Waals surface area contributed by atoms with Gasteiger partial charge in [-0.3, -0.25) is 4.72 Å². The van der Waals surface area contributed by atoms with Gasteiger partial charge in [0.05, 0.1) is 12.0 Å². The van der Waals surface area contributed by atoms with Gasteiger partial charge < -0.3 is 5.73 Å². The summed E-state index contributed by atoms with van der Waals surface area (Å²) in [6.07, 6.45) is 1.30. The molecule has 32 heavy (non-hydrogen) atoms. The number of nitrogens with one attached hydrogen (secondary N) is 1. The van der Waals surface area contributed by atoms with Gasteiger partial charge in [0.15, 0.2) is 5.84 Å². The summed E-state index contributed by atoms with van der Waals surface area (Å²) in [6.45, 7) is 0.276. The molecule has 0 aromatic heterocycles. The van der Waals surface area contributed by atoms with Gasteiger partial charge in [-0.15, -0.1) is 5.10 Å². The quantitative estimate of drug-likeness (QED) is 0.199. The first kappa shape index (κ1) is 23.3. The summed E-state index contributed by atoms with van der Waals surface area (Å²) < 4.78 is 40.4. The molecule has 0 aliphatic rings. The highest BCUT2D eigenvalue weighted by Crippen LogP contribution is 2.15. The lowest BCUT2D eigenvalue weighted by molar-refractivity contribution is 0.290. The van der Waals surface area contributed by atoms with Crippen LogP contribution in [0.3, 0.4) is 0 Å². The second kappa shape index (κ2) is 10.3. The lowest BCUT2D eigenvalue weighted by atomic mass is 10.2. The van der Waals surface area contributed by atoms with Crippen LogP contribution in [-0.2, 0) is 16.6 Å². The standard InChI is InChI=1S/C22H21ClFN5O2S/c23-19-7-1-5-17(12-19)15-29(26)27-22(25)18-6-3-9-21(14-18)28-32(30,31)11-10-16-4-2-8-20(24)13-16/h1-14,28H,15,26H2,(H2,25,27)/b11-10+. The Hall–Kier alpha value is -3.40. The summed E-state index contributed by atoms with van der Waals surface area (Å²) in [4.78, 5) is 0. The molecule has 5 N–H and O–H groups in total. The van der Waals surface area contributed by atoms with Crippen molar-refractivity contribution in [2.75, 3.05) is 4.72 Å². The van der Waals surface area contributed by atoms with Gasteiger partial charge in [0.25, 0.3) is 10.0 Å². The van der Waals surface area contributed by atoms with Crippen LogP contribution in [-0.4, -0.2) is 19.4 Å². The normalized spacial score (nSPS) is 12.2. The number of rotatable bonds is 8. The highest BCUT2D eigenvalue weighted by molar-refractivity contribution is 7.95. The van der Waals surface area contributed by atoms with Crippen LogP contribution in [0.4, 0.5) is 10.1 Å². The fourth-order valence-electron chi connectivity index (χ4n) is 2.77. The van der Waals surface area contributed by atoms with Crippen molar-refractivity contribution in [1.82, 2.24) is 5.12 Å². The minimum atomic E-state index is -3.84. The molecule has 3 rings (SSSR count). The van der Waals surface area contributed by atoms with Crippen molar-refractivity contribution in [2.45, 2.75) is 6.54 Å². The zero-order valence-electron chi connectivity index (χ0n) is 16.8. The van der Waals surface area contributed by atoms with E-state index in [4.69, 9.17) is 23.2 Å². The van der Waals surface area contributed by atoms with E-state index in [9.17, 15) is 12.8 Å². The number of hydrogen-bond acceptors (Lipinski definition) is 5. The second-order valence-electron chi connectivity index (χ2n) is 6.80. The number of benzene rings is 3. The molecule has 0 saturated heterocycles. The third-order valence-electron chi connectivity index (χ3n) is 4.18. The van der Waals surface area contributed by atoms with Crippen LogP contribution in [0.2, 0.25) is 5.02 Å². The molecule has 3 aromatic rings. The van der Waals surface area contributed by atoms with Gasteiger partial charge in [0.2, 0.25) is 0 Å². The van der Waals surface area contributed by atoms with Gasteiger partial charge in [0, 0.05) is 16.3 Å². The third-order valence-corrected chi connectivity index (χ3v) is 5.43. The molecular weight excluding hydrogens is 453 g/mol. The molecule has 0 aliphatic carbocycles. The number of hydrazone groups is 1. The average molecular weight is 474 g/mol. The van der Waals surface area contributed by atoms with E-state index in [1.807, 2.05) is 6.07 Å². The molecule has 0 saturated carbocycles. The third kappa shape index (κ3) is 7.09. The zero-order valence-corrected chi connectivity index (χ0v) is 18.4. The van der Waals surface area contributed by atoms with Crippen molar-refractivity contribution >= 4 is 39.2 Å². The predicted molar refractivity (Wildman–Crippen MR) is 126 cm³/mol. The summed E-state index contributed by atoms with van der Waals surface area (Å²) in [5, 5.41) is 6.84. The first-order valence-corrected chi connectivity index (χ1v) is 11.3. The maximum Gasteiger partial charge on any atom is 0.255 e. The number of nitrogens with zero attached hydrogens (tertiary/aromatic N) is 2. The maximum absolute atomic E-state index is 13.2. The number of hydrogen-bond donors (Lipinski definition) is 3. The number of amidine groups is 1. The molecule has 0 aliphatic heterocycles.